The summed E-state index contributed by atoms with van der Waals surface area (Å²) in [6.45, 7) is 2.57. The van der Waals surface area contributed by atoms with Crippen LogP contribution in [0.4, 0.5) is 4.79 Å². The number of benzene rings is 2. The quantitative estimate of drug-likeness (QED) is 0.764. The number of aliphatic hydroxyl groups excluding tert-OH is 1. The van der Waals surface area contributed by atoms with Crippen LogP contribution in [0.1, 0.15) is 36.9 Å². The molecule has 2 aromatic carbocycles. The molecule has 1 aliphatic heterocycles. The van der Waals surface area contributed by atoms with E-state index in [0.29, 0.717) is 19.4 Å². The molecule has 1 heterocycles. The summed E-state index contributed by atoms with van der Waals surface area (Å²) in [5.41, 5.74) is 1.33. The first-order chi connectivity index (χ1) is 12.1. The molecule has 0 radical (unpaired) electrons. The number of hydrogen-bond donors (Lipinski definition) is 1. The molecule has 5 heteroatoms. The summed E-state index contributed by atoms with van der Waals surface area (Å²) in [5.74, 6) is 0. The van der Waals surface area contributed by atoms with E-state index >= 15 is 0 Å². The lowest BCUT2D eigenvalue weighted by Crippen LogP contribution is -2.33. The molecule has 0 aromatic heterocycles. The topological polar surface area (TPSA) is 49.8 Å². The van der Waals surface area contributed by atoms with Crippen molar-refractivity contribution in [3.05, 3.63) is 70.2 Å². The first-order valence-corrected chi connectivity index (χ1v) is 9.26. The lowest BCUT2D eigenvalue weighted by molar-refractivity contribution is 0.0409. The zero-order valence-corrected chi connectivity index (χ0v) is 15.8. The number of carbonyl (C=O) groups is 1. The van der Waals surface area contributed by atoms with Crippen molar-refractivity contribution in [1.29, 1.82) is 0 Å². The molecule has 1 amide bonds. The highest BCUT2D eigenvalue weighted by Crippen LogP contribution is 2.40. The molecule has 0 aliphatic carbocycles. The highest BCUT2D eigenvalue weighted by atomic mass is 79.9. The molecule has 4 nitrogen and oxygen atoms in total. The Labute approximate surface area is 156 Å². The molecular formula is C20H22BrNO3. The van der Waals surface area contributed by atoms with E-state index in [0.717, 1.165) is 15.6 Å². The Kier molecular flexibility index (Phi) is 5.45. The van der Waals surface area contributed by atoms with E-state index in [2.05, 4.69) is 15.9 Å². The average molecular weight is 404 g/mol. The Morgan fingerprint density at radius 3 is 2.52 bits per heavy atom. The molecule has 1 aliphatic rings. The van der Waals surface area contributed by atoms with Gasteiger partial charge in [-0.15, -0.1) is 0 Å². The van der Waals surface area contributed by atoms with Crippen LogP contribution < -0.4 is 0 Å². The van der Waals surface area contributed by atoms with Gasteiger partial charge in [-0.05, 0) is 43.0 Å². The van der Waals surface area contributed by atoms with Gasteiger partial charge in [0.25, 0.3) is 0 Å². The summed E-state index contributed by atoms with van der Waals surface area (Å²) >= 11 is 3.44. The van der Waals surface area contributed by atoms with Gasteiger partial charge in [0, 0.05) is 11.1 Å². The van der Waals surface area contributed by atoms with Gasteiger partial charge < -0.3 is 9.84 Å². The largest absolute Gasteiger partial charge is 0.436 e. The van der Waals surface area contributed by atoms with Crippen LogP contribution >= 0.6 is 15.9 Å². The molecule has 2 unspecified atom stereocenters. The molecule has 0 bridgehead atoms. The van der Waals surface area contributed by atoms with Gasteiger partial charge in [0.05, 0.1) is 12.6 Å². The molecule has 25 heavy (non-hydrogen) atoms. The van der Waals surface area contributed by atoms with Gasteiger partial charge in [-0.1, -0.05) is 58.4 Å². The molecule has 2 aromatic rings. The summed E-state index contributed by atoms with van der Waals surface area (Å²) < 4.78 is 6.89. The van der Waals surface area contributed by atoms with Gasteiger partial charge in [0.2, 0.25) is 0 Å². The highest BCUT2D eigenvalue weighted by molar-refractivity contribution is 9.10. The van der Waals surface area contributed by atoms with Crippen molar-refractivity contribution in [2.75, 3.05) is 13.2 Å². The van der Waals surface area contributed by atoms with Crippen molar-refractivity contribution in [3.8, 4) is 0 Å². The zero-order valence-electron chi connectivity index (χ0n) is 14.2. The molecule has 132 valence electrons. The van der Waals surface area contributed by atoms with Crippen molar-refractivity contribution >= 4 is 22.0 Å². The highest BCUT2D eigenvalue weighted by Gasteiger charge is 2.47. The zero-order chi connectivity index (χ0) is 17.9. The second kappa shape index (κ2) is 7.58. The predicted octanol–water partition coefficient (Wildman–Crippen LogP) is 4.63. The standard InChI is InChI=1S/C20H22BrNO3/c1-15(16-8-10-18(21)11-9-16)22-14-20(12-5-13-23,25-19(22)24)17-6-3-2-4-7-17/h2-4,6-11,15,23H,5,12-14H2,1H3. The minimum Gasteiger partial charge on any atom is -0.436 e. The van der Waals surface area contributed by atoms with Crippen LogP contribution in [0.5, 0.6) is 0 Å². The fourth-order valence-corrected chi connectivity index (χ4v) is 3.61. The molecular weight excluding hydrogens is 382 g/mol. The first kappa shape index (κ1) is 18.0. The number of halogens is 1. The van der Waals surface area contributed by atoms with Crippen LogP contribution in [-0.2, 0) is 10.3 Å². The Morgan fingerprint density at radius 2 is 1.88 bits per heavy atom. The SMILES string of the molecule is CC(c1ccc(Br)cc1)N1CC(CCCO)(c2ccccc2)OC1=O. The first-order valence-electron chi connectivity index (χ1n) is 8.47. The van der Waals surface area contributed by atoms with Gasteiger partial charge in [-0.25, -0.2) is 4.79 Å². The van der Waals surface area contributed by atoms with Crippen molar-refractivity contribution < 1.29 is 14.6 Å². The van der Waals surface area contributed by atoms with Crippen molar-refractivity contribution in [3.63, 3.8) is 0 Å². The van der Waals surface area contributed by atoms with Crippen LogP contribution in [0.3, 0.4) is 0 Å². The van der Waals surface area contributed by atoms with Gasteiger partial charge in [0.1, 0.15) is 0 Å². The fourth-order valence-electron chi connectivity index (χ4n) is 3.35. The third-order valence-electron chi connectivity index (χ3n) is 4.80. The molecule has 1 saturated heterocycles. The number of ether oxygens (including phenoxy) is 1. The van der Waals surface area contributed by atoms with Crippen LogP contribution in [0.15, 0.2) is 59.1 Å². The Balaban J connectivity index is 1.88. The Morgan fingerprint density at radius 1 is 1.20 bits per heavy atom. The maximum absolute atomic E-state index is 12.6. The monoisotopic (exact) mass is 403 g/mol. The summed E-state index contributed by atoms with van der Waals surface area (Å²) in [6, 6.07) is 17.7. The number of carbonyl (C=O) groups excluding carboxylic acids is 1. The van der Waals surface area contributed by atoms with Gasteiger partial charge >= 0.3 is 6.09 Å². The minimum atomic E-state index is -0.704. The second-order valence-electron chi connectivity index (χ2n) is 6.41. The van der Waals surface area contributed by atoms with E-state index < -0.39 is 5.60 Å². The van der Waals surface area contributed by atoms with Crippen LogP contribution in [-0.4, -0.2) is 29.3 Å². The Hall–Kier alpha value is -1.85. The third-order valence-corrected chi connectivity index (χ3v) is 5.33. The minimum absolute atomic E-state index is 0.0778. The number of cyclic esters (lactones) is 1. The number of rotatable bonds is 6. The number of amides is 1. The van der Waals surface area contributed by atoms with E-state index in [1.54, 1.807) is 4.90 Å². The van der Waals surface area contributed by atoms with E-state index in [1.807, 2.05) is 61.5 Å². The molecule has 0 spiro atoms. The second-order valence-corrected chi connectivity index (χ2v) is 7.33. The van der Waals surface area contributed by atoms with E-state index in [1.165, 1.54) is 0 Å². The normalized spacial score (nSPS) is 21.2. The van der Waals surface area contributed by atoms with Crippen molar-refractivity contribution in [2.45, 2.75) is 31.4 Å². The van der Waals surface area contributed by atoms with E-state index in [4.69, 9.17) is 4.74 Å². The maximum Gasteiger partial charge on any atom is 0.411 e. The van der Waals surface area contributed by atoms with Gasteiger partial charge in [0.15, 0.2) is 5.60 Å². The van der Waals surface area contributed by atoms with Gasteiger partial charge in [-0.3, -0.25) is 4.90 Å². The smallest absolute Gasteiger partial charge is 0.411 e. The van der Waals surface area contributed by atoms with Crippen LogP contribution in [0.25, 0.3) is 0 Å². The maximum atomic E-state index is 12.6. The summed E-state index contributed by atoms with van der Waals surface area (Å²) in [5, 5.41) is 9.27. The lowest BCUT2D eigenvalue weighted by atomic mass is 9.88. The Bertz CT molecular complexity index is 719. The van der Waals surface area contributed by atoms with Crippen molar-refractivity contribution in [1.82, 2.24) is 4.90 Å². The van der Waals surface area contributed by atoms with E-state index in [-0.39, 0.29) is 18.7 Å². The summed E-state index contributed by atoms with van der Waals surface area (Å²) in [7, 11) is 0. The summed E-state index contributed by atoms with van der Waals surface area (Å²) in [4.78, 5) is 14.4. The molecule has 2 atom stereocenters. The third kappa shape index (κ3) is 3.72. The molecule has 3 rings (SSSR count). The molecule has 1 N–H and O–H groups in total. The number of aliphatic hydroxyl groups is 1. The predicted molar refractivity (Wildman–Crippen MR) is 100 cm³/mol. The van der Waals surface area contributed by atoms with E-state index in [9.17, 15) is 9.90 Å². The number of nitrogens with zero attached hydrogens (tertiary/aromatic N) is 1. The molecule has 0 saturated carbocycles. The van der Waals surface area contributed by atoms with Crippen LogP contribution in [0, 0.1) is 0 Å². The lowest BCUT2D eigenvalue weighted by Gasteiger charge is -2.28. The van der Waals surface area contributed by atoms with Crippen LogP contribution in [0.2, 0.25) is 0 Å². The molecule has 1 fully saturated rings. The fraction of sp³-hybridized carbons (Fsp3) is 0.350. The summed E-state index contributed by atoms with van der Waals surface area (Å²) in [6.07, 6.45) is 0.878. The average Bonchev–Trinajstić information content (AvgIpc) is 2.98. The van der Waals surface area contributed by atoms with Gasteiger partial charge in [-0.2, -0.15) is 0 Å². The van der Waals surface area contributed by atoms with Crippen molar-refractivity contribution in [2.24, 2.45) is 0 Å². The number of hydrogen-bond acceptors (Lipinski definition) is 3.